The minimum Gasteiger partial charge on any atom is -0.486 e. The number of nitrogens with zero attached hydrogens (tertiary/aromatic N) is 2. The van der Waals surface area contributed by atoms with Crippen LogP contribution in [0.2, 0.25) is 0 Å². The van der Waals surface area contributed by atoms with E-state index in [9.17, 15) is 0 Å². The van der Waals surface area contributed by atoms with Gasteiger partial charge < -0.3 is 24.8 Å². The van der Waals surface area contributed by atoms with Crippen LogP contribution in [0.25, 0.3) is 0 Å². The zero-order valence-corrected chi connectivity index (χ0v) is 14.2. The molecule has 2 aliphatic heterocycles. The maximum atomic E-state index is 5.62. The van der Waals surface area contributed by atoms with Crippen LogP contribution < -0.4 is 20.1 Å². The maximum absolute atomic E-state index is 5.62. The topological polar surface area (TPSA) is 77.5 Å². The first-order valence-corrected chi connectivity index (χ1v) is 8.64. The third-order valence-electron chi connectivity index (χ3n) is 4.18. The number of benzene rings is 1. The van der Waals surface area contributed by atoms with Crippen LogP contribution in [0.4, 0.5) is 17.5 Å². The minimum absolute atomic E-state index is 0.248. The molecule has 1 aromatic carbocycles. The third-order valence-corrected chi connectivity index (χ3v) is 4.18. The molecule has 132 valence electrons. The molecule has 1 unspecified atom stereocenters. The van der Waals surface area contributed by atoms with Crippen LogP contribution >= 0.6 is 0 Å². The molecule has 2 N–H and O–H groups in total. The Bertz CT molecular complexity index is 747. The lowest BCUT2D eigenvalue weighted by Gasteiger charge is -2.19. The van der Waals surface area contributed by atoms with Crippen LogP contribution in [0.5, 0.6) is 11.5 Å². The van der Waals surface area contributed by atoms with Crippen LogP contribution in [0.1, 0.15) is 18.5 Å². The summed E-state index contributed by atoms with van der Waals surface area (Å²) >= 11 is 0. The van der Waals surface area contributed by atoms with E-state index in [0.717, 1.165) is 54.7 Å². The molecule has 2 aliphatic rings. The average Bonchev–Trinajstić information content (AvgIpc) is 3.13. The molecule has 1 aromatic heterocycles. The molecule has 1 fully saturated rings. The van der Waals surface area contributed by atoms with Gasteiger partial charge in [-0.05, 0) is 31.9 Å². The highest BCUT2D eigenvalue weighted by molar-refractivity contribution is 5.62. The molecule has 0 spiro atoms. The lowest BCUT2D eigenvalue weighted by atomic mass is 10.2. The van der Waals surface area contributed by atoms with Gasteiger partial charge in [0, 0.05) is 36.7 Å². The summed E-state index contributed by atoms with van der Waals surface area (Å²) in [6.07, 6.45) is 2.46. The molecule has 3 heterocycles. The van der Waals surface area contributed by atoms with E-state index in [1.807, 2.05) is 31.2 Å². The summed E-state index contributed by atoms with van der Waals surface area (Å²) < 4.78 is 16.8. The van der Waals surface area contributed by atoms with Crippen LogP contribution in [-0.2, 0) is 4.74 Å². The van der Waals surface area contributed by atoms with E-state index < -0.39 is 0 Å². The van der Waals surface area contributed by atoms with E-state index in [1.54, 1.807) is 0 Å². The Hall–Kier alpha value is -2.54. The summed E-state index contributed by atoms with van der Waals surface area (Å²) in [6.45, 7) is 4.68. The van der Waals surface area contributed by atoms with Gasteiger partial charge in [0.05, 0.1) is 6.10 Å². The Morgan fingerprint density at radius 3 is 2.80 bits per heavy atom. The fraction of sp³-hybridized carbons (Fsp3) is 0.444. The van der Waals surface area contributed by atoms with Crippen molar-refractivity contribution < 1.29 is 14.2 Å². The van der Waals surface area contributed by atoms with E-state index in [-0.39, 0.29) is 6.10 Å². The summed E-state index contributed by atoms with van der Waals surface area (Å²) in [4.78, 5) is 8.99. The molecule has 7 heteroatoms. The van der Waals surface area contributed by atoms with Gasteiger partial charge in [-0.3, -0.25) is 0 Å². The van der Waals surface area contributed by atoms with Crippen LogP contribution in [0.3, 0.4) is 0 Å². The largest absolute Gasteiger partial charge is 0.486 e. The average molecular weight is 342 g/mol. The zero-order chi connectivity index (χ0) is 17.1. The van der Waals surface area contributed by atoms with Crippen LogP contribution in [-0.4, -0.2) is 42.4 Å². The number of fused-ring (bicyclic) bond motifs is 1. The highest BCUT2D eigenvalue weighted by Crippen LogP contribution is 2.33. The predicted octanol–water partition coefficient (Wildman–Crippen LogP) is 2.89. The summed E-state index contributed by atoms with van der Waals surface area (Å²) in [5.74, 6) is 2.86. The van der Waals surface area contributed by atoms with Crippen LogP contribution in [0, 0.1) is 6.92 Å². The molecule has 1 saturated heterocycles. The van der Waals surface area contributed by atoms with Crippen molar-refractivity contribution in [3.05, 3.63) is 30.0 Å². The van der Waals surface area contributed by atoms with Gasteiger partial charge in [0.15, 0.2) is 11.5 Å². The van der Waals surface area contributed by atoms with Gasteiger partial charge in [-0.25, -0.2) is 4.98 Å². The molecule has 1 atom stereocenters. The molecule has 7 nitrogen and oxygen atoms in total. The molecular formula is C18H22N4O3. The Morgan fingerprint density at radius 2 is 1.96 bits per heavy atom. The van der Waals surface area contributed by atoms with Crippen molar-refractivity contribution in [1.82, 2.24) is 9.97 Å². The fourth-order valence-corrected chi connectivity index (χ4v) is 2.99. The normalized spacial score (nSPS) is 18.8. The molecule has 2 aromatic rings. The second-order valence-corrected chi connectivity index (χ2v) is 6.22. The molecular weight excluding hydrogens is 320 g/mol. The lowest BCUT2D eigenvalue weighted by Crippen LogP contribution is -2.20. The Kier molecular flexibility index (Phi) is 4.56. The Morgan fingerprint density at radius 1 is 1.08 bits per heavy atom. The molecule has 4 rings (SSSR count). The highest BCUT2D eigenvalue weighted by atomic mass is 16.6. The zero-order valence-electron chi connectivity index (χ0n) is 14.2. The summed E-state index contributed by atoms with van der Waals surface area (Å²) in [7, 11) is 0. The van der Waals surface area contributed by atoms with Gasteiger partial charge in [0.2, 0.25) is 5.95 Å². The quantitative estimate of drug-likeness (QED) is 0.865. The molecule has 0 amide bonds. The smallest absolute Gasteiger partial charge is 0.224 e. The molecule has 0 bridgehead atoms. The van der Waals surface area contributed by atoms with Crippen molar-refractivity contribution >= 4 is 17.5 Å². The van der Waals surface area contributed by atoms with Crippen LogP contribution in [0.15, 0.2) is 24.3 Å². The number of hydrogen-bond acceptors (Lipinski definition) is 7. The second-order valence-electron chi connectivity index (χ2n) is 6.22. The number of rotatable bonds is 5. The predicted molar refractivity (Wildman–Crippen MR) is 94.9 cm³/mol. The van der Waals surface area contributed by atoms with Crippen molar-refractivity contribution in [1.29, 1.82) is 0 Å². The fourth-order valence-electron chi connectivity index (χ4n) is 2.99. The Balaban J connectivity index is 1.46. The van der Waals surface area contributed by atoms with Gasteiger partial charge in [-0.2, -0.15) is 4.98 Å². The van der Waals surface area contributed by atoms with Gasteiger partial charge in [-0.15, -0.1) is 0 Å². The molecule has 0 saturated carbocycles. The van der Waals surface area contributed by atoms with E-state index in [1.165, 1.54) is 0 Å². The van der Waals surface area contributed by atoms with E-state index in [0.29, 0.717) is 19.2 Å². The van der Waals surface area contributed by atoms with Crippen molar-refractivity contribution in [2.24, 2.45) is 0 Å². The number of nitrogens with one attached hydrogen (secondary N) is 2. The summed E-state index contributed by atoms with van der Waals surface area (Å²) in [6, 6.07) is 7.69. The van der Waals surface area contributed by atoms with Crippen molar-refractivity contribution in [3.63, 3.8) is 0 Å². The van der Waals surface area contributed by atoms with Crippen molar-refractivity contribution in [2.75, 3.05) is 37.0 Å². The molecule has 0 aliphatic carbocycles. The van der Waals surface area contributed by atoms with Crippen molar-refractivity contribution in [3.8, 4) is 11.5 Å². The summed E-state index contributed by atoms with van der Waals surface area (Å²) in [5, 5.41) is 6.58. The SMILES string of the molecule is Cc1cc(Nc2ccc3c(c2)OCCO3)nc(NCC2CCCO2)n1. The van der Waals surface area contributed by atoms with E-state index >= 15 is 0 Å². The Labute approximate surface area is 146 Å². The number of anilines is 3. The molecule has 25 heavy (non-hydrogen) atoms. The second kappa shape index (κ2) is 7.14. The number of hydrogen-bond donors (Lipinski definition) is 2. The highest BCUT2D eigenvalue weighted by Gasteiger charge is 2.16. The lowest BCUT2D eigenvalue weighted by molar-refractivity contribution is 0.120. The molecule has 0 radical (unpaired) electrons. The van der Waals surface area contributed by atoms with E-state index in [4.69, 9.17) is 14.2 Å². The number of ether oxygens (including phenoxy) is 3. The minimum atomic E-state index is 0.248. The standard InChI is InChI=1S/C18H22N4O3/c1-12-9-17(22-18(20-12)19-11-14-3-2-6-23-14)21-13-4-5-15-16(10-13)25-8-7-24-15/h4-5,9-10,14H,2-3,6-8,11H2,1H3,(H2,19,20,21,22). The monoisotopic (exact) mass is 342 g/mol. The first-order chi connectivity index (χ1) is 12.3. The first-order valence-electron chi connectivity index (χ1n) is 8.64. The third kappa shape index (κ3) is 3.93. The summed E-state index contributed by atoms with van der Waals surface area (Å²) in [5.41, 5.74) is 1.79. The first kappa shape index (κ1) is 16.0. The van der Waals surface area contributed by atoms with Gasteiger partial charge in [0.25, 0.3) is 0 Å². The van der Waals surface area contributed by atoms with Gasteiger partial charge in [0.1, 0.15) is 19.0 Å². The number of aryl methyl sites for hydroxylation is 1. The number of aromatic nitrogens is 2. The van der Waals surface area contributed by atoms with E-state index in [2.05, 4.69) is 20.6 Å². The van der Waals surface area contributed by atoms with Crippen molar-refractivity contribution in [2.45, 2.75) is 25.9 Å². The van der Waals surface area contributed by atoms with Gasteiger partial charge >= 0.3 is 0 Å². The maximum Gasteiger partial charge on any atom is 0.224 e. The van der Waals surface area contributed by atoms with Gasteiger partial charge in [-0.1, -0.05) is 0 Å².